The van der Waals surface area contributed by atoms with E-state index in [1.807, 2.05) is 0 Å². The van der Waals surface area contributed by atoms with E-state index in [0.29, 0.717) is 6.42 Å². The standard InChI is InChI=1S/C8H15FO2S/c1-2-8(12(9,10)11)7-5-3-4-6-7/h7-8H,2-6H2,1H3. The minimum absolute atomic E-state index is 0.0741. The SMILES string of the molecule is CCC(C1CCCC1)S(=O)(=O)F. The van der Waals surface area contributed by atoms with Crippen LogP contribution in [-0.2, 0) is 10.2 Å². The summed E-state index contributed by atoms with van der Waals surface area (Å²) in [5.74, 6) is 0.0741. The summed E-state index contributed by atoms with van der Waals surface area (Å²) >= 11 is 0. The molecular formula is C8H15FO2S. The maximum absolute atomic E-state index is 12.7. The van der Waals surface area contributed by atoms with Crippen LogP contribution in [-0.4, -0.2) is 13.7 Å². The molecule has 0 saturated heterocycles. The maximum atomic E-state index is 12.7. The first-order valence-corrected chi connectivity index (χ1v) is 5.94. The van der Waals surface area contributed by atoms with E-state index >= 15 is 0 Å². The Morgan fingerprint density at radius 2 is 1.92 bits per heavy atom. The molecule has 1 fully saturated rings. The zero-order valence-electron chi connectivity index (χ0n) is 7.29. The van der Waals surface area contributed by atoms with E-state index in [4.69, 9.17) is 0 Å². The van der Waals surface area contributed by atoms with Gasteiger partial charge < -0.3 is 0 Å². The van der Waals surface area contributed by atoms with Crippen molar-refractivity contribution in [3.8, 4) is 0 Å². The molecule has 1 aliphatic carbocycles. The Morgan fingerprint density at radius 1 is 1.42 bits per heavy atom. The lowest BCUT2D eigenvalue weighted by molar-refractivity contribution is 0.452. The van der Waals surface area contributed by atoms with Crippen LogP contribution in [0.25, 0.3) is 0 Å². The van der Waals surface area contributed by atoms with Crippen LogP contribution in [0.1, 0.15) is 39.0 Å². The average Bonchev–Trinajstić information content (AvgIpc) is 2.38. The molecule has 1 rings (SSSR count). The van der Waals surface area contributed by atoms with Gasteiger partial charge in [-0.15, -0.1) is 3.89 Å². The fraction of sp³-hybridized carbons (Fsp3) is 1.00. The van der Waals surface area contributed by atoms with Crippen LogP contribution in [0.15, 0.2) is 0 Å². The zero-order valence-corrected chi connectivity index (χ0v) is 8.11. The third-order valence-electron chi connectivity index (χ3n) is 2.69. The van der Waals surface area contributed by atoms with E-state index in [9.17, 15) is 12.3 Å². The molecule has 0 bridgehead atoms. The van der Waals surface area contributed by atoms with Crippen molar-refractivity contribution in [1.82, 2.24) is 0 Å². The molecule has 72 valence electrons. The van der Waals surface area contributed by atoms with Gasteiger partial charge in [0.2, 0.25) is 0 Å². The van der Waals surface area contributed by atoms with Crippen molar-refractivity contribution in [1.29, 1.82) is 0 Å². The van der Waals surface area contributed by atoms with E-state index in [0.717, 1.165) is 25.7 Å². The highest BCUT2D eigenvalue weighted by atomic mass is 32.3. The Kier molecular flexibility index (Phi) is 3.09. The molecule has 1 unspecified atom stereocenters. The summed E-state index contributed by atoms with van der Waals surface area (Å²) in [5, 5.41) is -0.736. The summed E-state index contributed by atoms with van der Waals surface area (Å²) in [4.78, 5) is 0. The van der Waals surface area contributed by atoms with Crippen LogP contribution in [0.4, 0.5) is 3.89 Å². The predicted octanol–water partition coefficient (Wildman–Crippen LogP) is 2.25. The Balaban J connectivity index is 2.68. The van der Waals surface area contributed by atoms with Gasteiger partial charge in [-0.05, 0) is 25.2 Å². The monoisotopic (exact) mass is 194 g/mol. The fourth-order valence-corrected chi connectivity index (χ4v) is 3.22. The molecule has 0 aromatic carbocycles. The molecule has 0 amide bonds. The predicted molar refractivity (Wildman–Crippen MR) is 46.1 cm³/mol. The summed E-state index contributed by atoms with van der Waals surface area (Å²) in [5.41, 5.74) is 0. The minimum Gasteiger partial charge on any atom is -0.195 e. The molecule has 1 saturated carbocycles. The van der Waals surface area contributed by atoms with Gasteiger partial charge in [0.25, 0.3) is 0 Å². The smallest absolute Gasteiger partial charge is 0.195 e. The molecule has 2 nitrogen and oxygen atoms in total. The molecule has 0 aromatic rings. The minimum atomic E-state index is -4.30. The lowest BCUT2D eigenvalue weighted by Gasteiger charge is -2.16. The van der Waals surface area contributed by atoms with E-state index in [-0.39, 0.29) is 5.92 Å². The second kappa shape index (κ2) is 3.73. The molecule has 0 aromatic heterocycles. The normalized spacial score (nSPS) is 22.8. The number of halogens is 1. The Hall–Kier alpha value is -0.120. The van der Waals surface area contributed by atoms with Gasteiger partial charge in [0.1, 0.15) is 0 Å². The van der Waals surface area contributed by atoms with E-state index in [1.165, 1.54) is 0 Å². The van der Waals surface area contributed by atoms with E-state index in [1.54, 1.807) is 6.92 Å². The van der Waals surface area contributed by atoms with E-state index in [2.05, 4.69) is 0 Å². The van der Waals surface area contributed by atoms with Crippen molar-refractivity contribution in [3.05, 3.63) is 0 Å². The molecule has 12 heavy (non-hydrogen) atoms. The van der Waals surface area contributed by atoms with Gasteiger partial charge in [-0.25, -0.2) is 0 Å². The highest BCUT2D eigenvalue weighted by molar-refractivity contribution is 7.87. The van der Waals surface area contributed by atoms with Crippen molar-refractivity contribution < 1.29 is 12.3 Å². The van der Waals surface area contributed by atoms with Crippen LogP contribution in [0.2, 0.25) is 0 Å². The lowest BCUT2D eigenvalue weighted by Crippen LogP contribution is -2.24. The van der Waals surface area contributed by atoms with Crippen molar-refractivity contribution in [2.45, 2.75) is 44.3 Å². The fourth-order valence-electron chi connectivity index (χ4n) is 2.09. The second-order valence-corrected chi connectivity index (χ2v) is 5.02. The van der Waals surface area contributed by atoms with Gasteiger partial charge in [-0.1, -0.05) is 19.8 Å². The highest BCUT2D eigenvalue weighted by Gasteiger charge is 2.33. The van der Waals surface area contributed by atoms with Gasteiger partial charge in [0.05, 0.1) is 5.25 Å². The molecule has 0 spiro atoms. The Morgan fingerprint density at radius 3 is 2.25 bits per heavy atom. The van der Waals surface area contributed by atoms with Crippen LogP contribution in [0.5, 0.6) is 0 Å². The van der Waals surface area contributed by atoms with Crippen molar-refractivity contribution in [2.75, 3.05) is 0 Å². The quantitative estimate of drug-likeness (QED) is 0.646. The van der Waals surface area contributed by atoms with Crippen molar-refractivity contribution >= 4 is 10.2 Å². The van der Waals surface area contributed by atoms with Crippen LogP contribution < -0.4 is 0 Å². The lowest BCUT2D eigenvalue weighted by atomic mass is 10.0. The van der Waals surface area contributed by atoms with Gasteiger partial charge in [-0.2, -0.15) is 8.42 Å². The first-order chi connectivity index (χ1) is 5.55. The van der Waals surface area contributed by atoms with Crippen molar-refractivity contribution in [3.63, 3.8) is 0 Å². The molecule has 0 N–H and O–H groups in total. The van der Waals surface area contributed by atoms with Gasteiger partial charge in [0, 0.05) is 0 Å². The van der Waals surface area contributed by atoms with E-state index < -0.39 is 15.5 Å². The summed E-state index contributed by atoms with van der Waals surface area (Å²) in [6.45, 7) is 1.74. The van der Waals surface area contributed by atoms with Gasteiger partial charge in [-0.3, -0.25) is 0 Å². The number of hydrogen-bond donors (Lipinski definition) is 0. The summed E-state index contributed by atoms with van der Waals surface area (Å²) in [6.07, 6.45) is 4.26. The molecule has 0 heterocycles. The molecule has 1 atom stereocenters. The third kappa shape index (κ3) is 2.19. The molecule has 0 radical (unpaired) electrons. The Bertz CT molecular complexity index is 229. The average molecular weight is 194 g/mol. The van der Waals surface area contributed by atoms with Crippen LogP contribution in [0, 0.1) is 5.92 Å². The summed E-state index contributed by atoms with van der Waals surface area (Å²) in [7, 11) is -4.30. The van der Waals surface area contributed by atoms with Gasteiger partial charge >= 0.3 is 10.2 Å². The molecular weight excluding hydrogens is 179 g/mol. The molecule has 0 aliphatic heterocycles. The Labute approximate surface area is 73.4 Å². The molecule has 1 aliphatic rings. The number of rotatable bonds is 3. The summed E-state index contributed by atoms with van der Waals surface area (Å²) < 4.78 is 34.0. The maximum Gasteiger partial charge on any atom is 0.305 e. The summed E-state index contributed by atoms with van der Waals surface area (Å²) in [6, 6.07) is 0. The first-order valence-electron chi connectivity index (χ1n) is 4.49. The second-order valence-electron chi connectivity index (χ2n) is 3.47. The first kappa shape index (κ1) is 9.96. The topological polar surface area (TPSA) is 34.1 Å². The van der Waals surface area contributed by atoms with Crippen molar-refractivity contribution in [2.24, 2.45) is 5.92 Å². The third-order valence-corrected chi connectivity index (χ3v) is 4.13. The number of hydrogen-bond acceptors (Lipinski definition) is 2. The highest BCUT2D eigenvalue weighted by Crippen LogP contribution is 2.33. The molecule has 4 heteroatoms. The zero-order chi connectivity index (χ0) is 9.19. The van der Waals surface area contributed by atoms with Gasteiger partial charge in [0.15, 0.2) is 0 Å². The largest absolute Gasteiger partial charge is 0.305 e. The van der Waals surface area contributed by atoms with Crippen LogP contribution in [0.3, 0.4) is 0 Å². The van der Waals surface area contributed by atoms with Crippen LogP contribution >= 0.6 is 0 Å².